The Labute approximate surface area is 134 Å². The molecule has 1 aromatic heterocycles. The summed E-state index contributed by atoms with van der Waals surface area (Å²) >= 11 is 0. The van der Waals surface area contributed by atoms with Crippen molar-refractivity contribution in [3.8, 4) is 22.8 Å². The molecule has 1 atom stereocenters. The molecule has 1 saturated heterocycles. The first-order valence-electron chi connectivity index (χ1n) is 7.31. The zero-order chi connectivity index (χ0) is 16.4. The fourth-order valence-electron chi connectivity index (χ4n) is 2.73. The van der Waals surface area contributed by atoms with Gasteiger partial charge in [0.15, 0.2) is 17.3 Å². The van der Waals surface area contributed by atoms with E-state index >= 15 is 0 Å². The fraction of sp³-hybridized carbons (Fsp3) is 0.312. The Hall–Kier alpha value is -2.12. The summed E-state index contributed by atoms with van der Waals surface area (Å²) in [5.41, 5.74) is 1.61. The highest BCUT2D eigenvalue weighted by Crippen LogP contribution is 2.36. The molecule has 0 spiro atoms. The van der Waals surface area contributed by atoms with E-state index in [0.29, 0.717) is 29.9 Å². The third kappa shape index (κ3) is 3.02. The lowest BCUT2D eigenvalue weighted by molar-refractivity contribution is 0.291. The lowest BCUT2D eigenvalue weighted by Crippen LogP contribution is -2.08. The van der Waals surface area contributed by atoms with Crippen LogP contribution < -0.4 is 9.47 Å². The zero-order valence-electron chi connectivity index (χ0n) is 13.0. The average molecular weight is 317 g/mol. The molecule has 1 aliphatic heterocycles. The van der Waals surface area contributed by atoms with Crippen LogP contribution in [0.15, 0.2) is 30.3 Å². The van der Waals surface area contributed by atoms with Crippen LogP contribution in [0.1, 0.15) is 11.6 Å². The van der Waals surface area contributed by atoms with Crippen LogP contribution in [0.3, 0.4) is 0 Å². The van der Waals surface area contributed by atoms with Crippen molar-refractivity contribution < 1.29 is 23.5 Å². The second-order valence-electron chi connectivity index (χ2n) is 5.33. The maximum atomic E-state index is 14.7. The highest BCUT2D eigenvalue weighted by atomic mass is 19.1. The van der Waals surface area contributed by atoms with Gasteiger partial charge in [0.25, 0.3) is 0 Å². The average Bonchev–Trinajstić information content (AvgIpc) is 3.01. The summed E-state index contributed by atoms with van der Waals surface area (Å²) in [4.78, 5) is 4.52. The molecule has 1 fully saturated rings. The van der Waals surface area contributed by atoms with E-state index in [1.807, 2.05) is 12.1 Å². The number of ether oxygens (including phenoxy) is 2. The summed E-state index contributed by atoms with van der Waals surface area (Å²) in [7, 11) is 2.09. The molecule has 0 unspecified atom stereocenters. The van der Waals surface area contributed by atoms with Crippen molar-refractivity contribution in [2.45, 2.75) is 12.2 Å². The molecule has 1 aliphatic rings. The molecule has 3 rings (SSSR count). The van der Waals surface area contributed by atoms with E-state index in [0.717, 1.165) is 5.69 Å². The van der Waals surface area contributed by atoms with Crippen molar-refractivity contribution in [3.63, 3.8) is 0 Å². The molecule has 0 aliphatic carbocycles. The third-order valence-electron chi connectivity index (χ3n) is 3.93. The highest BCUT2D eigenvalue weighted by molar-refractivity contribution is 6.43. The predicted octanol–water partition coefficient (Wildman–Crippen LogP) is 2.50. The number of hydrogen-bond donors (Lipinski definition) is 1. The molecule has 2 heterocycles. The zero-order valence-corrected chi connectivity index (χ0v) is 13.0. The second kappa shape index (κ2) is 6.56. The maximum absolute atomic E-state index is 14.7. The van der Waals surface area contributed by atoms with Gasteiger partial charge in [-0.1, -0.05) is 6.07 Å². The summed E-state index contributed by atoms with van der Waals surface area (Å²) in [6.45, 7) is 0.409. The number of halogens is 1. The summed E-state index contributed by atoms with van der Waals surface area (Å²) < 4.78 is 30.0. The van der Waals surface area contributed by atoms with E-state index in [1.165, 1.54) is 14.2 Å². The Morgan fingerprint density at radius 1 is 1.26 bits per heavy atom. The molecule has 120 valence electrons. The molecule has 1 aromatic carbocycles. The van der Waals surface area contributed by atoms with Gasteiger partial charge in [-0.05, 0) is 30.6 Å². The standard InChI is InChI=1S/C16H17BFNO4/c1-21-14-7-6-11(15(18)16(14)22-2)13-5-3-4-12(19-13)10-8-17(20)23-9-10/h3-7,10,20H,8-9H2,1-2H3/t10-/m0/s1. The number of pyridine rings is 1. The van der Waals surface area contributed by atoms with Gasteiger partial charge in [-0.2, -0.15) is 0 Å². The molecule has 23 heavy (non-hydrogen) atoms. The Kier molecular flexibility index (Phi) is 4.50. The van der Waals surface area contributed by atoms with Crippen molar-refractivity contribution >= 4 is 7.12 Å². The smallest absolute Gasteiger partial charge is 0.454 e. The van der Waals surface area contributed by atoms with Crippen molar-refractivity contribution in [2.75, 3.05) is 20.8 Å². The first-order chi connectivity index (χ1) is 11.1. The Bertz CT molecular complexity index is 712. The van der Waals surface area contributed by atoms with Crippen LogP contribution in [0, 0.1) is 5.82 Å². The van der Waals surface area contributed by atoms with Crippen LogP contribution in [0.5, 0.6) is 11.5 Å². The van der Waals surface area contributed by atoms with Gasteiger partial charge in [0, 0.05) is 23.8 Å². The number of hydrogen-bond acceptors (Lipinski definition) is 5. The minimum atomic E-state index is -0.761. The third-order valence-corrected chi connectivity index (χ3v) is 3.93. The SMILES string of the molecule is COc1ccc(-c2cccc([C@@H]3COB(O)C3)n2)c(F)c1OC. The van der Waals surface area contributed by atoms with Gasteiger partial charge < -0.3 is 19.2 Å². The summed E-state index contributed by atoms with van der Waals surface area (Å²) in [6, 6.07) is 8.67. The lowest BCUT2D eigenvalue weighted by Gasteiger charge is -2.13. The predicted molar refractivity (Wildman–Crippen MR) is 84.2 cm³/mol. The summed E-state index contributed by atoms with van der Waals surface area (Å²) in [5, 5.41) is 9.48. The Balaban J connectivity index is 1.99. The Morgan fingerprint density at radius 2 is 2.09 bits per heavy atom. The van der Waals surface area contributed by atoms with Gasteiger partial charge >= 0.3 is 7.12 Å². The number of aromatic nitrogens is 1. The maximum Gasteiger partial charge on any atom is 0.454 e. The number of methoxy groups -OCH3 is 2. The van der Waals surface area contributed by atoms with Crippen molar-refractivity contribution in [1.29, 1.82) is 0 Å². The minimum Gasteiger partial charge on any atom is -0.493 e. The van der Waals surface area contributed by atoms with Gasteiger partial charge in [-0.25, -0.2) is 4.39 Å². The second-order valence-corrected chi connectivity index (χ2v) is 5.33. The topological polar surface area (TPSA) is 60.8 Å². The van der Waals surface area contributed by atoms with Crippen LogP contribution in [0.4, 0.5) is 4.39 Å². The Morgan fingerprint density at radius 3 is 2.74 bits per heavy atom. The first kappa shape index (κ1) is 15.8. The fourth-order valence-corrected chi connectivity index (χ4v) is 2.73. The van der Waals surface area contributed by atoms with Crippen LogP contribution in [-0.2, 0) is 4.65 Å². The van der Waals surface area contributed by atoms with Crippen molar-refractivity contribution in [1.82, 2.24) is 4.98 Å². The molecule has 7 heteroatoms. The number of nitrogens with zero attached hydrogens (tertiary/aromatic N) is 1. The number of benzene rings is 1. The molecule has 5 nitrogen and oxygen atoms in total. The van der Waals surface area contributed by atoms with E-state index in [-0.39, 0.29) is 11.7 Å². The van der Waals surface area contributed by atoms with E-state index < -0.39 is 12.9 Å². The molecule has 0 amide bonds. The monoisotopic (exact) mass is 317 g/mol. The largest absolute Gasteiger partial charge is 0.493 e. The van der Waals surface area contributed by atoms with E-state index in [1.54, 1.807) is 18.2 Å². The quantitative estimate of drug-likeness (QED) is 0.878. The molecular formula is C16H17BFNO4. The van der Waals surface area contributed by atoms with Crippen molar-refractivity contribution in [2.24, 2.45) is 0 Å². The van der Waals surface area contributed by atoms with E-state index in [2.05, 4.69) is 4.98 Å². The van der Waals surface area contributed by atoms with Gasteiger partial charge in [0.05, 0.1) is 19.9 Å². The van der Waals surface area contributed by atoms with Gasteiger partial charge in [-0.15, -0.1) is 0 Å². The van der Waals surface area contributed by atoms with E-state index in [4.69, 9.17) is 14.1 Å². The molecule has 0 bridgehead atoms. The molecule has 0 radical (unpaired) electrons. The molecule has 1 N–H and O–H groups in total. The van der Waals surface area contributed by atoms with Gasteiger partial charge in [0.1, 0.15) is 0 Å². The summed E-state index contributed by atoms with van der Waals surface area (Å²) in [6.07, 6.45) is 0.491. The first-order valence-corrected chi connectivity index (χ1v) is 7.31. The molecule has 2 aromatic rings. The lowest BCUT2D eigenvalue weighted by atomic mass is 9.81. The van der Waals surface area contributed by atoms with Crippen LogP contribution in [0.2, 0.25) is 6.32 Å². The van der Waals surface area contributed by atoms with Crippen LogP contribution >= 0.6 is 0 Å². The molecule has 0 saturated carbocycles. The highest BCUT2D eigenvalue weighted by Gasteiger charge is 2.30. The van der Waals surface area contributed by atoms with Crippen LogP contribution in [0.25, 0.3) is 11.3 Å². The number of rotatable bonds is 4. The van der Waals surface area contributed by atoms with Crippen molar-refractivity contribution in [3.05, 3.63) is 41.8 Å². The van der Waals surface area contributed by atoms with Gasteiger partial charge in [-0.3, -0.25) is 4.98 Å². The van der Waals surface area contributed by atoms with Crippen LogP contribution in [-0.4, -0.2) is 38.0 Å². The molecular weight excluding hydrogens is 300 g/mol. The summed E-state index contributed by atoms with van der Waals surface area (Å²) in [5.74, 6) is -0.124. The van der Waals surface area contributed by atoms with E-state index in [9.17, 15) is 9.41 Å². The minimum absolute atomic E-state index is 0.00755. The van der Waals surface area contributed by atoms with Gasteiger partial charge in [0.2, 0.25) is 0 Å². The normalized spacial score (nSPS) is 17.4.